The average molecular weight is 899 g/mol. The van der Waals surface area contributed by atoms with Crippen molar-refractivity contribution >= 4 is 35.0 Å². The van der Waals surface area contributed by atoms with Gasteiger partial charge in [-0.25, -0.2) is 4.98 Å². The highest BCUT2D eigenvalue weighted by molar-refractivity contribution is 6.06. The lowest BCUT2D eigenvalue weighted by molar-refractivity contribution is -0.136. The number of aromatic nitrogens is 4. The molecule has 5 aromatic rings. The molecule has 3 aromatic carbocycles. The molecule has 6 N–H and O–H groups in total. The smallest absolute Gasteiger partial charge is 0.255 e. The van der Waals surface area contributed by atoms with Crippen molar-refractivity contribution < 1.29 is 33.4 Å². The first-order chi connectivity index (χ1) is 32.3. The predicted octanol–water partition coefficient (Wildman–Crippen LogP) is 5.33. The Morgan fingerprint density at radius 2 is 1.64 bits per heavy atom. The minimum Gasteiger partial charge on any atom is -0.494 e. The molecule has 17 heteroatoms. The molecule has 0 bridgehead atoms. The first-order valence-electron chi connectivity index (χ1n) is 22.9. The molecule has 2 aromatic heterocycles. The quantitative estimate of drug-likeness (QED) is 0.0362. The van der Waals surface area contributed by atoms with Crippen LogP contribution in [0, 0.1) is 0 Å². The molecule has 1 atom stereocenters. The van der Waals surface area contributed by atoms with Crippen LogP contribution in [0.1, 0.15) is 89.0 Å². The topological polar surface area (TPSA) is 214 Å². The number of nitrogens with zero attached hydrogens (tertiary/aromatic N) is 4. The lowest BCUT2D eigenvalue weighted by Gasteiger charge is -2.37. The van der Waals surface area contributed by atoms with Crippen LogP contribution in [0.25, 0.3) is 11.4 Å². The van der Waals surface area contributed by atoms with E-state index in [-0.39, 0.29) is 24.1 Å². The van der Waals surface area contributed by atoms with Crippen LogP contribution < -0.4 is 31.3 Å². The molecule has 5 heterocycles. The Hall–Kier alpha value is -6.69. The fourth-order valence-corrected chi connectivity index (χ4v) is 8.61. The van der Waals surface area contributed by atoms with Crippen molar-refractivity contribution in [2.75, 3.05) is 63.3 Å². The number of hydrogen-bond acceptors (Lipinski definition) is 13. The molecular formula is C49H58N10O7. The zero-order valence-corrected chi connectivity index (χ0v) is 37.1. The van der Waals surface area contributed by atoms with E-state index in [1.165, 1.54) is 0 Å². The van der Waals surface area contributed by atoms with Gasteiger partial charge in [0.2, 0.25) is 11.8 Å². The number of aromatic amines is 1. The van der Waals surface area contributed by atoms with Crippen LogP contribution >= 0.6 is 0 Å². The summed E-state index contributed by atoms with van der Waals surface area (Å²) in [4.78, 5) is 60.9. The van der Waals surface area contributed by atoms with Crippen molar-refractivity contribution in [1.29, 1.82) is 0 Å². The van der Waals surface area contributed by atoms with Crippen molar-refractivity contribution in [3.8, 4) is 17.1 Å². The second-order valence-corrected chi connectivity index (χ2v) is 16.8. The van der Waals surface area contributed by atoms with E-state index in [9.17, 15) is 19.2 Å². The number of carbonyl (C=O) groups excluding carboxylic acids is 4. The molecule has 17 nitrogen and oxygen atoms in total. The van der Waals surface area contributed by atoms with Crippen LogP contribution in [0.2, 0.25) is 0 Å². The van der Waals surface area contributed by atoms with Gasteiger partial charge in [-0.3, -0.25) is 34.6 Å². The summed E-state index contributed by atoms with van der Waals surface area (Å²) in [6.07, 6.45) is 9.55. The number of unbranched alkanes of at least 4 members (excludes halogenated alkanes) is 3. The van der Waals surface area contributed by atoms with Crippen LogP contribution in [0.3, 0.4) is 0 Å². The second kappa shape index (κ2) is 22.5. The highest BCUT2D eigenvalue weighted by atomic mass is 16.5. The van der Waals surface area contributed by atoms with E-state index in [0.29, 0.717) is 76.0 Å². The number of imide groups is 1. The van der Waals surface area contributed by atoms with E-state index in [4.69, 9.17) is 19.2 Å². The molecule has 66 heavy (non-hydrogen) atoms. The molecule has 0 radical (unpaired) electrons. The lowest BCUT2D eigenvalue weighted by Crippen LogP contribution is -2.52. The van der Waals surface area contributed by atoms with Crippen LogP contribution in [-0.4, -0.2) is 107 Å². The molecule has 346 valence electrons. The number of ether oxygens (including phenoxy) is 3. The zero-order chi connectivity index (χ0) is 45.6. The molecule has 2 fully saturated rings. The Labute approximate surface area is 384 Å². The maximum Gasteiger partial charge on any atom is 0.255 e. The largest absolute Gasteiger partial charge is 0.494 e. The summed E-state index contributed by atoms with van der Waals surface area (Å²) in [6, 6.07) is 24.1. The van der Waals surface area contributed by atoms with Crippen molar-refractivity contribution in [3.63, 3.8) is 0 Å². The molecular weight excluding hydrogens is 841 g/mol. The summed E-state index contributed by atoms with van der Waals surface area (Å²) in [7, 11) is 0. The Bertz CT molecular complexity index is 2440. The van der Waals surface area contributed by atoms with Crippen LogP contribution in [-0.2, 0) is 37.7 Å². The molecule has 2 saturated heterocycles. The Kier molecular flexibility index (Phi) is 15.6. The van der Waals surface area contributed by atoms with Gasteiger partial charge in [-0.15, -0.1) is 0 Å². The number of hydrogen-bond donors (Lipinski definition) is 6. The van der Waals surface area contributed by atoms with Crippen LogP contribution in [0.5, 0.6) is 5.75 Å². The number of piperidine rings is 2. The predicted molar refractivity (Wildman–Crippen MR) is 248 cm³/mol. The minimum atomic E-state index is -0.640. The number of amides is 4. The summed E-state index contributed by atoms with van der Waals surface area (Å²) in [6.45, 7) is 5.63. The maximum absolute atomic E-state index is 13.3. The number of anilines is 2. The number of benzene rings is 3. The molecule has 0 saturated carbocycles. The second-order valence-electron chi connectivity index (χ2n) is 16.8. The first-order valence-corrected chi connectivity index (χ1v) is 22.9. The highest BCUT2D eigenvalue weighted by Gasteiger charge is 2.40. The van der Waals surface area contributed by atoms with Crippen LogP contribution in [0.15, 0.2) is 91.3 Å². The van der Waals surface area contributed by atoms with E-state index in [0.717, 1.165) is 91.3 Å². The Morgan fingerprint density at radius 3 is 2.47 bits per heavy atom. The summed E-state index contributed by atoms with van der Waals surface area (Å²) in [5.41, 5.74) is 5.03. The fraction of sp³-hybridized carbons (Fsp3) is 0.408. The molecule has 0 spiro atoms. The standard InChI is InChI=1S/C49H58N10O7/c60-43-15-14-42(46(62)54-43)59-33-40-39(47(59)63)12-7-13-41(40)52-24-27-65-29-28-64-25-3-1-2-4-26-66-38-11-5-8-34(30-38)32-53-45(61)36-9-6-10-37(31-36)56-49(18-22-51-23-19-49)48-55-44(57-58-48)35-16-20-50-21-17-35/h5-13,16-17,20-21,30-31,42,51-52,56H,1-4,14-15,18-19,22-29,32-33H2,(H,53,61)(H,54,60,62)(H,55,57,58). The summed E-state index contributed by atoms with van der Waals surface area (Å²) in [5.74, 6) is 1.09. The first kappa shape index (κ1) is 45.9. The number of fused-ring (bicyclic) bond motifs is 1. The SMILES string of the molecule is O=C1CCC(N2Cc3c(NCCOCCOCCCCCCOc4cccc(CNC(=O)c5cccc(NC6(c7nc(-c8ccncc8)n[nH]7)CCNCC6)c5)c4)cccc3C2=O)C(=O)N1. The van der Waals surface area contributed by atoms with Gasteiger partial charge in [0.15, 0.2) is 11.6 Å². The van der Waals surface area contributed by atoms with Gasteiger partial charge in [0.1, 0.15) is 11.8 Å². The van der Waals surface area contributed by atoms with Crippen molar-refractivity contribution in [3.05, 3.63) is 119 Å². The molecule has 3 aliphatic heterocycles. The number of pyridine rings is 1. The Morgan fingerprint density at radius 1 is 0.848 bits per heavy atom. The van der Waals surface area contributed by atoms with Gasteiger partial charge < -0.3 is 40.4 Å². The van der Waals surface area contributed by atoms with E-state index >= 15 is 0 Å². The monoisotopic (exact) mass is 898 g/mol. The van der Waals surface area contributed by atoms with Gasteiger partial charge in [-0.2, -0.15) is 5.10 Å². The van der Waals surface area contributed by atoms with Gasteiger partial charge in [0, 0.05) is 78.7 Å². The third-order valence-electron chi connectivity index (χ3n) is 12.2. The Balaban J connectivity index is 0.675. The van der Waals surface area contributed by atoms with E-state index in [1.807, 2.05) is 72.8 Å². The van der Waals surface area contributed by atoms with Crippen molar-refractivity contribution in [2.45, 2.75) is 76.0 Å². The van der Waals surface area contributed by atoms with Crippen molar-refractivity contribution in [2.24, 2.45) is 0 Å². The normalized spacial score (nSPS) is 16.7. The molecule has 8 rings (SSSR count). The third-order valence-corrected chi connectivity index (χ3v) is 12.2. The highest BCUT2D eigenvalue weighted by Crippen LogP contribution is 2.35. The summed E-state index contributed by atoms with van der Waals surface area (Å²) in [5, 5.41) is 23.6. The minimum absolute atomic E-state index is 0.163. The lowest BCUT2D eigenvalue weighted by atomic mass is 9.87. The number of rotatable bonds is 23. The third kappa shape index (κ3) is 11.8. The average Bonchev–Trinajstić information content (AvgIpc) is 3.98. The molecule has 4 amide bonds. The van der Waals surface area contributed by atoms with Gasteiger partial charge in [-0.05, 0) is 112 Å². The van der Waals surface area contributed by atoms with Crippen LogP contribution in [0.4, 0.5) is 11.4 Å². The van der Waals surface area contributed by atoms with Crippen molar-refractivity contribution in [1.82, 2.24) is 41.0 Å². The molecule has 0 aliphatic carbocycles. The van der Waals surface area contributed by atoms with E-state index < -0.39 is 17.5 Å². The van der Waals surface area contributed by atoms with E-state index in [2.05, 4.69) is 41.8 Å². The summed E-state index contributed by atoms with van der Waals surface area (Å²) >= 11 is 0. The van der Waals surface area contributed by atoms with Gasteiger partial charge in [0.05, 0.1) is 32.0 Å². The van der Waals surface area contributed by atoms with E-state index in [1.54, 1.807) is 23.4 Å². The van der Waals surface area contributed by atoms with Gasteiger partial charge in [-0.1, -0.05) is 30.7 Å². The number of carbonyl (C=O) groups is 4. The maximum atomic E-state index is 13.3. The van der Waals surface area contributed by atoms with Gasteiger partial charge in [0.25, 0.3) is 11.8 Å². The van der Waals surface area contributed by atoms with Gasteiger partial charge >= 0.3 is 0 Å². The molecule has 1 unspecified atom stereocenters. The molecule has 3 aliphatic rings. The number of H-pyrrole nitrogens is 1. The fourth-order valence-electron chi connectivity index (χ4n) is 8.61. The zero-order valence-electron chi connectivity index (χ0n) is 37.1. The summed E-state index contributed by atoms with van der Waals surface area (Å²) < 4.78 is 17.6. The number of nitrogens with one attached hydrogen (secondary N) is 6.